The SMILES string of the molecule is CCOc1ccccc1CCCNC(=S)Nc1ccccc1OCC. The number of para-hydroxylation sites is 3. The van der Waals surface area contributed by atoms with Crippen LogP contribution in [0.3, 0.4) is 0 Å². The first-order valence-corrected chi connectivity index (χ1v) is 9.12. The number of nitrogens with one attached hydrogen (secondary N) is 2. The molecule has 0 heterocycles. The Morgan fingerprint density at radius 1 is 0.920 bits per heavy atom. The second-order valence-electron chi connectivity index (χ2n) is 5.45. The van der Waals surface area contributed by atoms with Gasteiger partial charge in [0.2, 0.25) is 0 Å². The molecule has 2 rings (SSSR count). The molecular formula is C20H26N2O2S. The van der Waals surface area contributed by atoms with Crippen molar-refractivity contribution < 1.29 is 9.47 Å². The lowest BCUT2D eigenvalue weighted by Gasteiger charge is -2.14. The number of hydrogen-bond acceptors (Lipinski definition) is 3. The molecular weight excluding hydrogens is 332 g/mol. The molecule has 0 aromatic heterocycles. The lowest BCUT2D eigenvalue weighted by molar-refractivity contribution is 0.336. The number of thiocarbonyl (C=S) groups is 1. The van der Waals surface area contributed by atoms with Gasteiger partial charge in [-0.3, -0.25) is 0 Å². The van der Waals surface area contributed by atoms with Gasteiger partial charge in [-0.1, -0.05) is 30.3 Å². The van der Waals surface area contributed by atoms with Crippen molar-refractivity contribution in [2.75, 3.05) is 25.1 Å². The summed E-state index contributed by atoms with van der Waals surface area (Å²) in [6, 6.07) is 16.0. The molecule has 0 aliphatic carbocycles. The van der Waals surface area contributed by atoms with Crippen LogP contribution in [0.25, 0.3) is 0 Å². The summed E-state index contributed by atoms with van der Waals surface area (Å²) in [6.07, 6.45) is 1.92. The number of benzene rings is 2. The summed E-state index contributed by atoms with van der Waals surface area (Å²) in [5, 5.41) is 7.04. The Morgan fingerprint density at radius 3 is 2.32 bits per heavy atom. The molecule has 4 nitrogen and oxygen atoms in total. The molecule has 0 atom stereocenters. The van der Waals surface area contributed by atoms with Gasteiger partial charge in [0.15, 0.2) is 5.11 Å². The maximum atomic E-state index is 5.66. The molecule has 0 bridgehead atoms. The molecule has 0 fully saturated rings. The molecule has 0 aliphatic heterocycles. The quantitative estimate of drug-likeness (QED) is 0.514. The van der Waals surface area contributed by atoms with Crippen LogP contribution in [-0.2, 0) is 6.42 Å². The summed E-state index contributed by atoms with van der Waals surface area (Å²) in [6.45, 7) is 6.07. The van der Waals surface area contributed by atoms with Crippen molar-refractivity contribution in [1.82, 2.24) is 5.32 Å². The van der Waals surface area contributed by atoms with Crippen LogP contribution in [0.1, 0.15) is 25.8 Å². The fourth-order valence-corrected chi connectivity index (χ4v) is 2.72. The zero-order valence-corrected chi connectivity index (χ0v) is 15.7. The van der Waals surface area contributed by atoms with Crippen LogP contribution < -0.4 is 20.1 Å². The van der Waals surface area contributed by atoms with E-state index in [1.54, 1.807) is 0 Å². The lowest BCUT2D eigenvalue weighted by atomic mass is 10.1. The molecule has 0 saturated heterocycles. The summed E-state index contributed by atoms with van der Waals surface area (Å²) < 4.78 is 11.3. The van der Waals surface area contributed by atoms with Crippen molar-refractivity contribution in [3.8, 4) is 11.5 Å². The van der Waals surface area contributed by atoms with Crippen LogP contribution in [0.4, 0.5) is 5.69 Å². The molecule has 134 valence electrons. The van der Waals surface area contributed by atoms with Gasteiger partial charge in [0.05, 0.1) is 18.9 Å². The monoisotopic (exact) mass is 358 g/mol. The zero-order chi connectivity index (χ0) is 17.9. The van der Waals surface area contributed by atoms with Crippen LogP contribution in [0.2, 0.25) is 0 Å². The van der Waals surface area contributed by atoms with Crippen molar-refractivity contribution >= 4 is 23.0 Å². The third-order valence-electron chi connectivity index (χ3n) is 3.62. The first-order valence-electron chi connectivity index (χ1n) is 8.72. The summed E-state index contributed by atoms with van der Waals surface area (Å²) in [4.78, 5) is 0. The third kappa shape index (κ3) is 6.27. The maximum absolute atomic E-state index is 5.66. The Labute approximate surface area is 155 Å². The van der Waals surface area contributed by atoms with E-state index in [1.807, 2.05) is 56.3 Å². The Bertz CT molecular complexity index is 676. The fourth-order valence-electron chi connectivity index (χ4n) is 2.51. The van der Waals surface area contributed by atoms with E-state index in [-0.39, 0.29) is 0 Å². The predicted molar refractivity (Wildman–Crippen MR) is 108 cm³/mol. The Hall–Kier alpha value is -2.27. The van der Waals surface area contributed by atoms with Gasteiger partial charge in [0.1, 0.15) is 11.5 Å². The summed E-state index contributed by atoms with van der Waals surface area (Å²) >= 11 is 5.37. The Balaban J connectivity index is 1.78. The highest BCUT2D eigenvalue weighted by Crippen LogP contribution is 2.23. The van der Waals surface area contributed by atoms with Gasteiger partial charge >= 0.3 is 0 Å². The highest BCUT2D eigenvalue weighted by atomic mass is 32.1. The van der Waals surface area contributed by atoms with E-state index in [0.29, 0.717) is 18.3 Å². The smallest absolute Gasteiger partial charge is 0.170 e. The van der Waals surface area contributed by atoms with E-state index >= 15 is 0 Å². The maximum Gasteiger partial charge on any atom is 0.170 e. The average molecular weight is 359 g/mol. The van der Waals surface area contributed by atoms with Gasteiger partial charge in [0.25, 0.3) is 0 Å². The standard InChI is InChI=1S/C20H26N2O2S/c1-3-23-18-13-7-5-10-16(18)11-9-15-21-20(25)22-17-12-6-8-14-19(17)24-4-2/h5-8,10,12-14H,3-4,9,11,15H2,1-2H3,(H2,21,22,25). The predicted octanol–water partition coefficient (Wildman–Crippen LogP) is 4.40. The molecule has 25 heavy (non-hydrogen) atoms. The third-order valence-corrected chi connectivity index (χ3v) is 3.86. The van der Waals surface area contributed by atoms with E-state index in [0.717, 1.165) is 36.6 Å². The normalized spacial score (nSPS) is 10.2. The minimum absolute atomic E-state index is 0.602. The first kappa shape index (κ1) is 19.1. The number of hydrogen-bond donors (Lipinski definition) is 2. The molecule has 2 aromatic carbocycles. The van der Waals surface area contributed by atoms with Crippen LogP contribution in [0.15, 0.2) is 48.5 Å². The number of aryl methyl sites for hydroxylation is 1. The van der Waals surface area contributed by atoms with Crippen LogP contribution in [0.5, 0.6) is 11.5 Å². The topological polar surface area (TPSA) is 42.5 Å². The molecule has 0 aliphatic rings. The van der Waals surface area contributed by atoms with Crippen molar-refractivity contribution in [3.63, 3.8) is 0 Å². The molecule has 0 spiro atoms. The van der Waals surface area contributed by atoms with Gasteiger partial charge in [-0.25, -0.2) is 0 Å². The van der Waals surface area contributed by atoms with Crippen LogP contribution >= 0.6 is 12.2 Å². The van der Waals surface area contributed by atoms with Gasteiger partial charge in [0, 0.05) is 6.54 Å². The van der Waals surface area contributed by atoms with E-state index < -0.39 is 0 Å². The van der Waals surface area contributed by atoms with E-state index in [9.17, 15) is 0 Å². The van der Waals surface area contributed by atoms with Crippen LogP contribution in [0, 0.1) is 0 Å². The summed E-state index contributed by atoms with van der Waals surface area (Å²) in [7, 11) is 0. The molecule has 0 saturated carbocycles. The number of rotatable bonds is 9. The number of anilines is 1. The minimum atomic E-state index is 0.602. The fraction of sp³-hybridized carbons (Fsp3) is 0.350. The van der Waals surface area contributed by atoms with Gasteiger partial charge in [-0.15, -0.1) is 0 Å². The van der Waals surface area contributed by atoms with Gasteiger partial charge in [-0.2, -0.15) is 0 Å². The second kappa shape index (κ2) is 10.6. The van der Waals surface area contributed by atoms with Crippen LogP contribution in [-0.4, -0.2) is 24.9 Å². The van der Waals surface area contributed by atoms with E-state index in [4.69, 9.17) is 21.7 Å². The van der Waals surface area contributed by atoms with E-state index in [1.165, 1.54) is 5.56 Å². The average Bonchev–Trinajstić information content (AvgIpc) is 2.62. The largest absolute Gasteiger partial charge is 0.494 e. The van der Waals surface area contributed by atoms with Gasteiger partial charge in [-0.05, 0) is 62.7 Å². The molecule has 0 radical (unpaired) electrons. The molecule has 2 N–H and O–H groups in total. The lowest BCUT2D eigenvalue weighted by Crippen LogP contribution is -2.29. The molecule has 0 amide bonds. The van der Waals surface area contributed by atoms with E-state index in [2.05, 4.69) is 16.7 Å². The number of ether oxygens (including phenoxy) is 2. The minimum Gasteiger partial charge on any atom is -0.494 e. The second-order valence-corrected chi connectivity index (χ2v) is 5.86. The molecule has 2 aromatic rings. The van der Waals surface area contributed by atoms with Crippen molar-refractivity contribution in [1.29, 1.82) is 0 Å². The Kier molecular flexibility index (Phi) is 8.05. The van der Waals surface area contributed by atoms with Crippen molar-refractivity contribution in [3.05, 3.63) is 54.1 Å². The summed E-state index contributed by atoms with van der Waals surface area (Å²) in [5.74, 6) is 1.77. The zero-order valence-electron chi connectivity index (χ0n) is 14.9. The van der Waals surface area contributed by atoms with Gasteiger partial charge < -0.3 is 20.1 Å². The Morgan fingerprint density at radius 2 is 1.56 bits per heavy atom. The highest BCUT2D eigenvalue weighted by molar-refractivity contribution is 7.80. The highest BCUT2D eigenvalue weighted by Gasteiger charge is 2.05. The van der Waals surface area contributed by atoms with Crippen molar-refractivity contribution in [2.24, 2.45) is 0 Å². The molecule has 5 heteroatoms. The molecule has 0 unspecified atom stereocenters. The first-order chi connectivity index (χ1) is 12.2. The van der Waals surface area contributed by atoms with Crippen molar-refractivity contribution in [2.45, 2.75) is 26.7 Å². The summed E-state index contributed by atoms with van der Waals surface area (Å²) in [5.41, 5.74) is 2.11.